The van der Waals surface area contributed by atoms with Crippen LogP contribution in [0.1, 0.15) is 5.56 Å². The van der Waals surface area contributed by atoms with Gasteiger partial charge in [-0.25, -0.2) is 0 Å². The van der Waals surface area contributed by atoms with Crippen molar-refractivity contribution in [2.45, 2.75) is 0 Å². The summed E-state index contributed by atoms with van der Waals surface area (Å²) in [6, 6.07) is 5.18. The summed E-state index contributed by atoms with van der Waals surface area (Å²) in [6.45, 7) is 0. The van der Waals surface area contributed by atoms with Crippen LogP contribution >= 0.6 is 23.2 Å². The predicted octanol–water partition coefficient (Wildman–Crippen LogP) is 3.00. The van der Waals surface area contributed by atoms with E-state index in [4.69, 9.17) is 34.2 Å². The lowest BCUT2D eigenvalue weighted by Crippen LogP contribution is -1.94. The summed E-state index contributed by atoms with van der Waals surface area (Å²) in [5.41, 5.74) is 7.03. The van der Waals surface area contributed by atoms with Gasteiger partial charge in [-0.3, -0.25) is 4.98 Å². The minimum absolute atomic E-state index is 0.312. The first-order chi connectivity index (χ1) is 7.13. The van der Waals surface area contributed by atoms with Crippen molar-refractivity contribution in [2.24, 2.45) is 0 Å². The van der Waals surface area contributed by atoms with Crippen molar-refractivity contribution in [3.63, 3.8) is 0 Å². The lowest BCUT2D eigenvalue weighted by molar-refractivity contribution is 1.37. The number of anilines is 1. The van der Waals surface area contributed by atoms with Crippen molar-refractivity contribution >= 4 is 39.8 Å². The van der Waals surface area contributed by atoms with Gasteiger partial charge in [-0.2, -0.15) is 5.26 Å². The molecule has 0 unspecified atom stereocenters. The molecule has 0 saturated carbocycles. The molecule has 2 N–H and O–H groups in total. The topological polar surface area (TPSA) is 62.7 Å². The molecule has 15 heavy (non-hydrogen) atoms. The Morgan fingerprint density at radius 2 is 2.07 bits per heavy atom. The largest absolute Gasteiger partial charge is 0.397 e. The van der Waals surface area contributed by atoms with E-state index < -0.39 is 0 Å². The van der Waals surface area contributed by atoms with E-state index in [2.05, 4.69) is 4.98 Å². The zero-order valence-corrected chi connectivity index (χ0v) is 8.97. The monoisotopic (exact) mass is 237 g/mol. The number of nitrogens with two attached hydrogens (primary N) is 1. The van der Waals surface area contributed by atoms with Gasteiger partial charge < -0.3 is 5.73 Å². The molecule has 74 valence electrons. The fraction of sp³-hybridized carbons (Fsp3) is 0. The fourth-order valence-electron chi connectivity index (χ4n) is 1.36. The Morgan fingerprint density at radius 3 is 2.73 bits per heavy atom. The molecule has 3 nitrogen and oxygen atoms in total. The third-order valence-corrected chi connectivity index (χ3v) is 2.56. The maximum Gasteiger partial charge on any atom is 0.103 e. The van der Waals surface area contributed by atoms with Crippen LogP contribution in [0.25, 0.3) is 10.9 Å². The van der Waals surface area contributed by atoms with E-state index in [1.165, 1.54) is 6.20 Å². The summed E-state index contributed by atoms with van der Waals surface area (Å²) < 4.78 is 0. The quantitative estimate of drug-likeness (QED) is 0.767. The first-order valence-electron chi connectivity index (χ1n) is 4.07. The third-order valence-electron chi connectivity index (χ3n) is 2.05. The summed E-state index contributed by atoms with van der Waals surface area (Å²) in [6.07, 6.45) is 1.41. The van der Waals surface area contributed by atoms with Crippen molar-refractivity contribution < 1.29 is 0 Å². The molecule has 0 aliphatic rings. The SMILES string of the molecule is N#Cc1cnc2cc(Cl)cc(Cl)c2c1N. The minimum Gasteiger partial charge on any atom is -0.397 e. The Morgan fingerprint density at radius 1 is 1.33 bits per heavy atom. The normalized spacial score (nSPS) is 10.2. The summed E-state index contributed by atoms with van der Waals surface area (Å²) in [5, 5.41) is 10.2. The lowest BCUT2D eigenvalue weighted by Gasteiger charge is -2.05. The zero-order chi connectivity index (χ0) is 11.0. The van der Waals surface area contributed by atoms with Gasteiger partial charge in [0.25, 0.3) is 0 Å². The average molecular weight is 238 g/mol. The first kappa shape index (κ1) is 10.0. The van der Waals surface area contributed by atoms with Crippen LogP contribution in [0.5, 0.6) is 0 Å². The Labute approximate surface area is 96.0 Å². The van der Waals surface area contributed by atoms with Crippen molar-refractivity contribution in [2.75, 3.05) is 5.73 Å². The molecule has 2 rings (SSSR count). The number of nitrogens with zero attached hydrogens (tertiary/aromatic N) is 2. The molecule has 2 aromatic rings. The maximum atomic E-state index is 8.78. The van der Waals surface area contributed by atoms with E-state index in [0.717, 1.165) is 0 Å². The van der Waals surface area contributed by atoms with E-state index in [0.29, 0.717) is 32.2 Å². The molecule has 0 radical (unpaired) electrons. The number of nitrogen functional groups attached to an aromatic ring is 1. The third kappa shape index (κ3) is 1.58. The Kier molecular flexibility index (Phi) is 2.39. The molecule has 0 aliphatic heterocycles. The van der Waals surface area contributed by atoms with E-state index in [1.807, 2.05) is 6.07 Å². The second-order valence-electron chi connectivity index (χ2n) is 2.98. The highest BCUT2D eigenvalue weighted by atomic mass is 35.5. The van der Waals surface area contributed by atoms with E-state index in [1.54, 1.807) is 12.1 Å². The van der Waals surface area contributed by atoms with Crippen LogP contribution in [0.3, 0.4) is 0 Å². The highest BCUT2D eigenvalue weighted by Crippen LogP contribution is 2.32. The number of rotatable bonds is 0. The molecule has 0 amide bonds. The number of fused-ring (bicyclic) bond motifs is 1. The van der Waals surface area contributed by atoms with Gasteiger partial charge in [0.2, 0.25) is 0 Å². The van der Waals surface area contributed by atoms with Gasteiger partial charge in [0.05, 0.1) is 21.8 Å². The Bertz CT molecular complexity index is 587. The van der Waals surface area contributed by atoms with Crippen molar-refractivity contribution in [1.29, 1.82) is 5.26 Å². The molecule has 0 atom stereocenters. The van der Waals surface area contributed by atoms with Crippen LogP contribution in [0.15, 0.2) is 18.3 Å². The van der Waals surface area contributed by atoms with Gasteiger partial charge in [0.1, 0.15) is 6.07 Å². The summed E-state index contributed by atoms with van der Waals surface area (Å²) in [7, 11) is 0. The van der Waals surface area contributed by atoms with Crippen LogP contribution < -0.4 is 5.73 Å². The van der Waals surface area contributed by atoms with Crippen molar-refractivity contribution in [1.82, 2.24) is 4.98 Å². The van der Waals surface area contributed by atoms with Gasteiger partial charge in [-0.15, -0.1) is 0 Å². The first-order valence-corrected chi connectivity index (χ1v) is 4.82. The standard InChI is InChI=1S/C10H5Cl2N3/c11-6-1-7(12)9-8(2-6)15-4-5(3-13)10(9)14/h1-2,4H,(H2,14,15). The van der Waals surface area contributed by atoms with Crippen molar-refractivity contribution in [3.8, 4) is 6.07 Å². The number of nitriles is 1. The molecule has 0 aliphatic carbocycles. The van der Waals surface area contributed by atoms with Gasteiger partial charge in [0.15, 0.2) is 0 Å². The zero-order valence-electron chi connectivity index (χ0n) is 7.46. The Balaban J connectivity index is 2.94. The number of benzene rings is 1. The van der Waals surface area contributed by atoms with Crippen LogP contribution in [-0.4, -0.2) is 4.98 Å². The van der Waals surface area contributed by atoms with Gasteiger partial charge in [-0.1, -0.05) is 23.2 Å². The number of halogens is 2. The summed E-state index contributed by atoms with van der Waals surface area (Å²) >= 11 is 11.8. The number of hydrogen-bond donors (Lipinski definition) is 1. The van der Waals surface area contributed by atoms with E-state index in [9.17, 15) is 0 Å². The molecule has 1 aromatic heterocycles. The molecule has 1 heterocycles. The molecule has 5 heteroatoms. The summed E-state index contributed by atoms with van der Waals surface area (Å²) in [4.78, 5) is 4.06. The van der Waals surface area contributed by atoms with E-state index >= 15 is 0 Å². The fourth-order valence-corrected chi connectivity index (χ4v) is 1.94. The number of pyridine rings is 1. The number of hydrogen-bond acceptors (Lipinski definition) is 3. The highest BCUT2D eigenvalue weighted by molar-refractivity contribution is 6.39. The highest BCUT2D eigenvalue weighted by Gasteiger charge is 2.09. The molecule has 0 bridgehead atoms. The molecule has 1 aromatic carbocycles. The lowest BCUT2D eigenvalue weighted by atomic mass is 10.1. The second-order valence-corrected chi connectivity index (χ2v) is 3.82. The van der Waals surface area contributed by atoms with Gasteiger partial charge in [-0.05, 0) is 12.1 Å². The minimum atomic E-state index is 0.312. The molecular formula is C10H5Cl2N3. The van der Waals surface area contributed by atoms with Gasteiger partial charge in [0, 0.05) is 16.6 Å². The molecule has 0 saturated heterocycles. The maximum absolute atomic E-state index is 8.78. The van der Waals surface area contributed by atoms with Crippen LogP contribution in [0, 0.1) is 11.3 Å². The number of aromatic nitrogens is 1. The van der Waals surface area contributed by atoms with Gasteiger partial charge >= 0.3 is 0 Å². The summed E-state index contributed by atoms with van der Waals surface area (Å²) in [5.74, 6) is 0. The Hall–Kier alpha value is -1.50. The molecular weight excluding hydrogens is 233 g/mol. The predicted molar refractivity (Wildman–Crippen MR) is 60.9 cm³/mol. The smallest absolute Gasteiger partial charge is 0.103 e. The average Bonchev–Trinajstić information content (AvgIpc) is 2.17. The molecule has 0 fully saturated rings. The van der Waals surface area contributed by atoms with Crippen LogP contribution in [0.2, 0.25) is 10.0 Å². The van der Waals surface area contributed by atoms with Crippen LogP contribution in [0.4, 0.5) is 5.69 Å². The van der Waals surface area contributed by atoms with Crippen LogP contribution in [-0.2, 0) is 0 Å². The van der Waals surface area contributed by atoms with Crippen molar-refractivity contribution in [3.05, 3.63) is 33.9 Å². The van der Waals surface area contributed by atoms with E-state index in [-0.39, 0.29) is 0 Å². The second kappa shape index (κ2) is 3.58. The molecule has 0 spiro atoms.